The Kier molecular flexibility index (Phi) is 8.74. The number of methoxy groups -OCH3 is 1. The van der Waals surface area contributed by atoms with E-state index in [1.54, 1.807) is 7.11 Å². The second-order valence-electron chi connectivity index (χ2n) is 6.55. The first-order chi connectivity index (χ1) is 13.2. The maximum Gasteiger partial charge on any atom is 0.257 e. The molecule has 1 amide bonds. The van der Waals surface area contributed by atoms with Crippen molar-refractivity contribution >= 4 is 11.9 Å². The molecule has 1 aromatic carbocycles. The third kappa shape index (κ3) is 7.00. The Bertz CT molecular complexity index is 628. The Morgan fingerprint density at radius 3 is 2.56 bits per heavy atom. The van der Waals surface area contributed by atoms with Gasteiger partial charge in [0.15, 0.2) is 24.1 Å². The fraction of sp³-hybridized carbons (Fsp3) is 0.600. The van der Waals surface area contributed by atoms with Gasteiger partial charge in [-0.15, -0.1) is 0 Å². The van der Waals surface area contributed by atoms with Gasteiger partial charge in [-0.1, -0.05) is 18.9 Å². The first-order valence-corrected chi connectivity index (χ1v) is 9.77. The number of amides is 1. The average molecular weight is 377 g/mol. The van der Waals surface area contributed by atoms with E-state index < -0.39 is 0 Å². The minimum atomic E-state index is -0.151. The highest BCUT2D eigenvalue weighted by molar-refractivity contribution is 5.80. The number of rotatable bonds is 9. The van der Waals surface area contributed by atoms with Crippen molar-refractivity contribution in [1.29, 1.82) is 0 Å². The lowest BCUT2D eigenvalue weighted by Crippen LogP contribution is -2.42. The van der Waals surface area contributed by atoms with Gasteiger partial charge in [0.05, 0.1) is 13.7 Å². The van der Waals surface area contributed by atoms with Crippen LogP contribution in [-0.4, -0.2) is 44.7 Å². The third-order valence-electron chi connectivity index (χ3n) is 4.42. The zero-order valence-corrected chi connectivity index (χ0v) is 16.6. The molecular formula is C20H32N4O3. The number of hydrogen-bond donors (Lipinski definition) is 3. The molecule has 1 aromatic rings. The number of benzene rings is 1. The summed E-state index contributed by atoms with van der Waals surface area (Å²) in [7, 11) is 1.59. The Morgan fingerprint density at radius 1 is 1.15 bits per heavy atom. The lowest BCUT2D eigenvalue weighted by molar-refractivity contribution is -0.123. The van der Waals surface area contributed by atoms with Crippen LogP contribution in [0.2, 0.25) is 0 Å². The minimum Gasteiger partial charge on any atom is -0.493 e. The summed E-state index contributed by atoms with van der Waals surface area (Å²) >= 11 is 0. The fourth-order valence-electron chi connectivity index (χ4n) is 3.07. The molecule has 27 heavy (non-hydrogen) atoms. The highest BCUT2D eigenvalue weighted by Gasteiger charge is 2.16. The minimum absolute atomic E-state index is 0.0302. The number of nitrogens with one attached hydrogen (secondary N) is 3. The molecule has 3 N–H and O–H groups in total. The molecule has 0 aromatic heterocycles. The number of carbonyl (C=O) groups excluding carboxylic acids is 1. The largest absolute Gasteiger partial charge is 0.493 e. The van der Waals surface area contributed by atoms with Crippen molar-refractivity contribution in [2.45, 2.75) is 52.1 Å². The highest BCUT2D eigenvalue weighted by atomic mass is 16.5. The van der Waals surface area contributed by atoms with Crippen molar-refractivity contribution < 1.29 is 14.3 Å². The van der Waals surface area contributed by atoms with E-state index in [2.05, 4.69) is 27.9 Å². The van der Waals surface area contributed by atoms with Crippen LogP contribution >= 0.6 is 0 Å². The molecule has 0 radical (unpaired) electrons. The number of carbonyl (C=O) groups is 1. The zero-order chi connectivity index (χ0) is 19.5. The maximum absolute atomic E-state index is 11.6. The Morgan fingerprint density at radius 2 is 1.89 bits per heavy atom. The third-order valence-corrected chi connectivity index (χ3v) is 4.42. The van der Waals surface area contributed by atoms with Gasteiger partial charge < -0.3 is 25.4 Å². The van der Waals surface area contributed by atoms with Crippen LogP contribution in [0.3, 0.4) is 0 Å². The van der Waals surface area contributed by atoms with Gasteiger partial charge in [-0.3, -0.25) is 4.79 Å². The van der Waals surface area contributed by atoms with E-state index in [9.17, 15) is 4.79 Å². The van der Waals surface area contributed by atoms with E-state index in [0.29, 0.717) is 30.6 Å². The van der Waals surface area contributed by atoms with Crippen LogP contribution in [0.5, 0.6) is 11.5 Å². The summed E-state index contributed by atoms with van der Waals surface area (Å²) in [5.41, 5.74) is 1.01. The summed E-state index contributed by atoms with van der Waals surface area (Å²) in [5, 5.41) is 9.52. The normalized spacial score (nSPS) is 14.7. The topological polar surface area (TPSA) is 84.0 Å². The van der Waals surface area contributed by atoms with Gasteiger partial charge in [-0.05, 0) is 44.4 Å². The molecular weight excluding hydrogens is 344 g/mol. The molecule has 0 atom stereocenters. The molecule has 150 valence electrons. The number of ether oxygens (including phenoxy) is 2. The van der Waals surface area contributed by atoms with Gasteiger partial charge in [0.2, 0.25) is 0 Å². The molecule has 2 rings (SSSR count). The SMILES string of the molecule is CCNC(=O)COc1ccc(CN=C(NCC)NC2CCCC2)cc1OC. The Labute approximate surface area is 161 Å². The smallest absolute Gasteiger partial charge is 0.257 e. The summed E-state index contributed by atoms with van der Waals surface area (Å²) in [6.07, 6.45) is 4.98. The Hall–Kier alpha value is -2.44. The first-order valence-electron chi connectivity index (χ1n) is 9.77. The van der Waals surface area contributed by atoms with E-state index in [0.717, 1.165) is 18.1 Å². The van der Waals surface area contributed by atoms with Crippen LogP contribution in [0.4, 0.5) is 0 Å². The molecule has 7 nitrogen and oxygen atoms in total. The van der Waals surface area contributed by atoms with Gasteiger partial charge in [-0.2, -0.15) is 0 Å². The second-order valence-corrected chi connectivity index (χ2v) is 6.55. The summed E-state index contributed by atoms with van der Waals surface area (Å²) in [4.78, 5) is 16.2. The monoisotopic (exact) mass is 376 g/mol. The molecule has 0 heterocycles. The number of hydrogen-bond acceptors (Lipinski definition) is 4. The summed E-state index contributed by atoms with van der Waals surface area (Å²) in [6.45, 7) is 5.85. The molecule has 0 bridgehead atoms. The summed E-state index contributed by atoms with van der Waals surface area (Å²) in [6, 6.07) is 6.18. The van der Waals surface area contributed by atoms with Crippen molar-refractivity contribution in [3.63, 3.8) is 0 Å². The van der Waals surface area contributed by atoms with Gasteiger partial charge in [0.1, 0.15) is 0 Å². The van der Waals surface area contributed by atoms with Crippen molar-refractivity contribution in [3.8, 4) is 11.5 Å². The van der Waals surface area contributed by atoms with E-state index in [-0.39, 0.29) is 12.5 Å². The molecule has 1 saturated carbocycles. The quantitative estimate of drug-likeness (QED) is 0.455. The highest BCUT2D eigenvalue weighted by Crippen LogP contribution is 2.28. The molecule has 1 fully saturated rings. The van der Waals surface area contributed by atoms with E-state index in [1.807, 2.05) is 25.1 Å². The fourth-order valence-corrected chi connectivity index (χ4v) is 3.07. The van der Waals surface area contributed by atoms with Crippen molar-refractivity contribution in [3.05, 3.63) is 23.8 Å². The summed E-state index contributed by atoms with van der Waals surface area (Å²) < 4.78 is 11.0. The van der Waals surface area contributed by atoms with E-state index >= 15 is 0 Å². The first kappa shape index (κ1) is 20.9. The van der Waals surface area contributed by atoms with Crippen LogP contribution in [0.1, 0.15) is 45.1 Å². The predicted molar refractivity (Wildman–Crippen MR) is 107 cm³/mol. The molecule has 7 heteroatoms. The molecule has 1 aliphatic rings. The van der Waals surface area contributed by atoms with Crippen molar-refractivity contribution in [2.75, 3.05) is 26.8 Å². The van der Waals surface area contributed by atoms with Crippen LogP contribution in [0, 0.1) is 0 Å². The van der Waals surface area contributed by atoms with E-state index in [1.165, 1.54) is 25.7 Å². The van der Waals surface area contributed by atoms with Crippen molar-refractivity contribution in [1.82, 2.24) is 16.0 Å². The standard InChI is InChI=1S/C20H32N4O3/c1-4-21-19(25)14-27-17-11-10-15(12-18(17)26-3)13-23-20(22-5-2)24-16-8-6-7-9-16/h10-12,16H,4-9,13-14H2,1-3H3,(H,21,25)(H2,22,23,24). The molecule has 0 unspecified atom stereocenters. The van der Waals surface area contributed by atoms with Crippen molar-refractivity contribution in [2.24, 2.45) is 4.99 Å². The van der Waals surface area contributed by atoms with Crippen LogP contribution < -0.4 is 25.4 Å². The molecule has 0 spiro atoms. The second kappa shape index (κ2) is 11.3. The molecule has 0 saturated heterocycles. The summed E-state index contributed by atoms with van der Waals surface area (Å²) in [5.74, 6) is 1.84. The average Bonchev–Trinajstić information content (AvgIpc) is 3.18. The predicted octanol–water partition coefficient (Wildman–Crippen LogP) is 2.21. The van der Waals surface area contributed by atoms with Crippen LogP contribution in [0.15, 0.2) is 23.2 Å². The lowest BCUT2D eigenvalue weighted by atomic mass is 10.2. The van der Waals surface area contributed by atoms with Gasteiger partial charge >= 0.3 is 0 Å². The van der Waals surface area contributed by atoms with Gasteiger partial charge in [0.25, 0.3) is 5.91 Å². The molecule has 0 aliphatic heterocycles. The Balaban J connectivity index is 1.98. The number of nitrogens with zero attached hydrogens (tertiary/aromatic N) is 1. The number of likely N-dealkylation sites (N-methyl/N-ethyl adjacent to an activating group) is 1. The van der Waals surface area contributed by atoms with Gasteiger partial charge in [0, 0.05) is 19.1 Å². The number of guanidine groups is 1. The lowest BCUT2D eigenvalue weighted by Gasteiger charge is -2.17. The molecule has 1 aliphatic carbocycles. The zero-order valence-electron chi connectivity index (χ0n) is 16.6. The number of aliphatic imine (C=N–C) groups is 1. The van der Waals surface area contributed by atoms with Crippen LogP contribution in [-0.2, 0) is 11.3 Å². The van der Waals surface area contributed by atoms with Gasteiger partial charge in [-0.25, -0.2) is 4.99 Å². The maximum atomic E-state index is 11.6. The van der Waals surface area contributed by atoms with Crippen LogP contribution in [0.25, 0.3) is 0 Å². The van der Waals surface area contributed by atoms with E-state index in [4.69, 9.17) is 9.47 Å².